The van der Waals surface area contributed by atoms with Crippen LogP contribution in [-0.2, 0) is 11.2 Å². The second-order valence-corrected chi connectivity index (χ2v) is 6.38. The molecule has 0 unspecified atom stereocenters. The highest BCUT2D eigenvalue weighted by Crippen LogP contribution is 2.38. The number of hydrogen-bond acceptors (Lipinski definition) is 4. The van der Waals surface area contributed by atoms with Gasteiger partial charge in [-0.25, -0.2) is 4.39 Å². The lowest BCUT2D eigenvalue weighted by atomic mass is 10.1. The van der Waals surface area contributed by atoms with Gasteiger partial charge in [-0.15, -0.1) is 0 Å². The highest BCUT2D eigenvalue weighted by atomic mass is 19.1. The Morgan fingerprint density at radius 2 is 2.08 bits per heavy atom. The molecular weight excluding hydrogens is 335 g/mol. The molecular formula is C20H23FN2O3. The quantitative estimate of drug-likeness (QED) is 0.820. The largest absolute Gasteiger partial charge is 0.492 e. The maximum Gasteiger partial charge on any atom is 0.246 e. The minimum Gasteiger partial charge on any atom is -0.492 e. The number of ether oxygens (including phenoxy) is 2. The molecule has 0 fully saturated rings. The van der Waals surface area contributed by atoms with E-state index in [1.807, 2.05) is 26.0 Å². The van der Waals surface area contributed by atoms with E-state index in [0.29, 0.717) is 23.7 Å². The van der Waals surface area contributed by atoms with Crippen molar-refractivity contribution in [1.82, 2.24) is 0 Å². The van der Waals surface area contributed by atoms with Crippen LogP contribution < -0.4 is 20.1 Å². The number of carbonyl (C=O) groups excluding carboxylic acids is 1. The van der Waals surface area contributed by atoms with Gasteiger partial charge in [0.2, 0.25) is 5.91 Å². The van der Waals surface area contributed by atoms with Gasteiger partial charge >= 0.3 is 0 Å². The van der Waals surface area contributed by atoms with E-state index < -0.39 is 6.04 Å². The SMILES string of the molecule is CCOc1cc2c(cc1N[C@H](C)C(=O)Nc1ccc(F)cc1)O[C@H](C)C2. The van der Waals surface area contributed by atoms with Crippen LogP contribution in [0.5, 0.6) is 11.5 Å². The van der Waals surface area contributed by atoms with Gasteiger partial charge < -0.3 is 20.1 Å². The number of anilines is 2. The molecule has 1 heterocycles. The second-order valence-electron chi connectivity index (χ2n) is 6.38. The smallest absolute Gasteiger partial charge is 0.246 e. The van der Waals surface area contributed by atoms with Gasteiger partial charge in [0.05, 0.1) is 12.3 Å². The van der Waals surface area contributed by atoms with Gasteiger partial charge in [0.25, 0.3) is 0 Å². The Hall–Kier alpha value is -2.76. The molecule has 0 aromatic heterocycles. The van der Waals surface area contributed by atoms with Crippen molar-refractivity contribution < 1.29 is 18.7 Å². The van der Waals surface area contributed by atoms with E-state index in [1.165, 1.54) is 24.3 Å². The average molecular weight is 358 g/mol. The molecule has 2 atom stereocenters. The molecule has 5 nitrogen and oxygen atoms in total. The van der Waals surface area contributed by atoms with Crippen molar-refractivity contribution in [2.45, 2.75) is 39.3 Å². The van der Waals surface area contributed by atoms with Crippen LogP contribution in [0.3, 0.4) is 0 Å². The molecule has 1 amide bonds. The molecule has 0 radical (unpaired) electrons. The fourth-order valence-electron chi connectivity index (χ4n) is 2.91. The zero-order valence-corrected chi connectivity index (χ0v) is 15.1. The maximum atomic E-state index is 13.0. The summed E-state index contributed by atoms with van der Waals surface area (Å²) in [6.45, 7) is 6.22. The third-order valence-corrected chi connectivity index (χ3v) is 4.18. The van der Waals surface area contributed by atoms with Gasteiger partial charge in [-0.3, -0.25) is 4.79 Å². The summed E-state index contributed by atoms with van der Waals surface area (Å²) in [7, 11) is 0. The third kappa shape index (κ3) is 4.07. The van der Waals surface area contributed by atoms with Gasteiger partial charge in [-0.05, 0) is 51.1 Å². The first kappa shape index (κ1) is 18.0. The number of nitrogens with one attached hydrogen (secondary N) is 2. The van der Waals surface area contributed by atoms with Gasteiger partial charge in [-0.2, -0.15) is 0 Å². The Balaban J connectivity index is 1.73. The zero-order chi connectivity index (χ0) is 18.7. The summed E-state index contributed by atoms with van der Waals surface area (Å²) in [6.07, 6.45) is 0.977. The summed E-state index contributed by atoms with van der Waals surface area (Å²) in [5.74, 6) is 0.941. The minimum absolute atomic E-state index is 0.133. The topological polar surface area (TPSA) is 59.6 Å². The van der Waals surface area contributed by atoms with Gasteiger partial charge in [0.1, 0.15) is 29.5 Å². The van der Waals surface area contributed by atoms with Gasteiger partial charge in [0.15, 0.2) is 0 Å². The van der Waals surface area contributed by atoms with E-state index in [0.717, 1.165) is 17.7 Å². The van der Waals surface area contributed by atoms with Crippen LogP contribution in [-0.4, -0.2) is 24.7 Å². The molecule has 6 heteroatoms. The standard InChI is InChI=1S/C20H23FN2O3/c1-4-25-19-10-14-9-12(2)26-18(14)11-17(19)22-13(3)20(24)23-16-7-5-15(21)6-8-16/h5-8,10-13,22H,4,9H2,1-3H3,(H,23,24)/t12-,13-/m1/s1. The Morgan fingerprint density at radius 1 is 1.35 bits per heavy atom. The lowest BCUT2D eigenvalue weighted by Gasteiger charge is -2.19. The molecule has 26 heavy (non-hydrogen) atoms. The Kier molecular flexibility index (Phi) is 5.30. The summed E-state index contributed by atoms with van der Waals surface area (Å²) in [4.78, 5) is 12.4. The molecule has 0 saturated heterocycles. The Morgan fingerprint density at radius 3 is 2.77 bits per heavy atom. The van der Waals surface area contributed by atoms with Crippen molar-refractivity contribution in [3.8, 4) is 11.5 Å². The van der Waals surface area contributed by atoms with Crippen molar-refractivity contribution in [3.63, 3.8) is 0 Å². The first-order valence-corrected chi connectivity index (χ1v) is 8.75. The normalized spacial score (nSPS) is 16.4. The number of rotatable bonds is 6. The number of fused-ring (bicyclic) bond motifs is 1. The fourth-order valence-corrected chi connectivity index (χ4v) is 2.91. The summed E-state index contributed by atoms with van der Waals surface area (Å²) in [5.41, 5.74) is 2.36. The van der Waals surface area contributed by atoms with Crippen LogP contribution in [0.25, 0.3) is 0 Å². The molecule has 3 rings (SSSR count). The number of benzene rings is 2. The average Bonchev–Trinajstić information content (AvgIpc) is 2.96. The van der Waals surface area contributed by atoms with Crippen LogP contribution in [0.15, 0.2) is 36.4 Å². The third-order valence-electron chi connectivity index (χ3n) is 4.18. The van der Waals surface area contributed by atoms with E-state index in [4.69, 9.17) is 9.47 Å². The number of halogens is 1. The summed E-state index contributed by atoms with van der Waals surface area (Å²) >= 11 is 0. The summed E-state index contributed by atoms with van der Waals surface area (Å²) < 4.78 is 24.5. The molecule has 1 aliphatic rings. The monoisotopic (exact) mass is 358 g/mol. The van der Waals surface area contributed by atoms with Gasteiger partial charge in [-0.1, -0.05) is 0 Å². The highest BCUT2D eigenvalue weighted by Gasteiger charge is 2.23. The Bertz CT molecular complexity index is 792. The molecule has 1 aliphatic heterocycles. The summed E-state index contributed by atoms with van der Waals surface area (Å²) in [6, 6.07) is 8.99. The van der Waals surface area contributed by atoms with Crippen molar-refractivity contribution in [1.29, 1.82) is 0 Å². The first-order valence-electron chi connectivity index (χ1n) is 8.75. The van der Waals surface area contributed by atoms with Crippen molar-refractivity contribution in [2.75, 3.05) is 17.2 Å². The minimum atomic E-state index is -0.517. The first-order chi connectivity index (χ1) is 12.5. The fraction of sp³-hybridized carbons (Fsp3) is 0.350. The number of hydrogen-bond donors (Lipinski definition) is 2. The van der Waals surface area contributed by atoms with Crippen LogP contribution in [0.4, 0.5) is 15.8 Å². The summed E-state index contributed by atoms with van der Waals surface area (Å²) in [5, 5.41) is 5.94. The van der Waals surface area contributed by atoms with E-state index >= 15 is 0 Å². The molecule has 138 valence electrons. The van der Waals surface area contributed by atoms with Crippen LogP contribution in [0.1, 0.15) is 26.3 Å². The number of carbonyl (C=O) groups is 1. The van der Waals surface area contributed by atoms with E-state index in [2.05, 4.69) is 10.6 Å². The molecule has 0 bridgehead atoms. The van der Waals surface area contributed by atoms with Crippen molar-refractivity contribution in [3.05, 3.63) is 47.8 Å². The predicted molar refractivity (Wildman–Crippen MR) is 99.5 cm³/mol. The second kappa shape index (κ2) is 7.64. The van der Waals surface area contributed by atoms with E-state index in [9.17, 15) is 9.18 Å². The van der Waals surface area contributed by atoms with Crippen LogP contribution in [0, 0.1) is 5.82 Å². The predicted octanol–water partition coefficient (Wildman–Crippen LogP) is 3.99. The molecule has 0 aliphatic carbocycles. The van der Waals surface area contributed by atoms with Crippen LogP contribution >= 0.6 is 0 Å². The molecule has 0 spiro atoms. The zero-order valence-electron chi connectivity index (χ0n) is 15.1. The highest BCUT2D eigenvalue weighted by molar-refractivity contribution is 5.96. The van der Waals surface area contributed by atoms with Crippen LogP contribution in [0.2, 0.25) is 0 Å². The lowest BCUT2D eigenvalue weighted by molar-refractivity contribution is -0.116. The van der Waals surface area contributed by atoms with E-state index in [1.54, 1.807) is 6.92 Å². The maximum absolute atomic E-state index is 13.0. The van der Waals surface area contributed by atoms with E-state index in [-0.39, 0.29) is 17.8 Å². The molecule has 2 N–H and O–H groups in total. The molecule has 2 aromatic rings. The lowest BCUT2D eigenvalue weighted by Crippen LogP contribution is -2.32. The number of amides is 1. The van der Waals surface area contributed by atoms with Crippen molar-refractivity contribution in [2.24, 2.45) is 0 Å². The van der Waals surface area contributed by atoms with Gasteiger partial charge in [0, 0.05) is 23.7 Å². The molecule has 2 aromatic carbocycles. The van der Waals surface area contributed by atoms with Crippen molar-refractivity contribution >= 4 is 17.3 Å². The Labute approximate surface area is 152 Å². The molecule has 0 saturated carbocycles.